The minimum absolute atomic E-state index is 0.00987. The largest absolute Gasteiger partial charge is 0.469 e. The van der Waals surface area contributed by atoms with Crippen LogP contribution in [0.25, 0.3) is 0 Å². The molecule has 0 atom stereocenters. The van der Waals surface area contributed by atoms with Crippen LogP contribution in [0.15, 0.2) is 59.5 Å². The van der Waals surface area contributed by atoms with Crippen LogP contribution in [-0.2, 0) is 30.9 Å². The molecule has 1 N–H and O–H groups in total. The van der Waals surface area contributed by atoms with E-state index in [-0.39, 0.29) is 55.5 Å². The van der Waals surface area contributed by atoms with Crippen LogP contribution in [0, 0.1) is 0 Å². The number of sulfonamides is 1. The Morgan fingerprint density at radius 2 is 1.88 bits per heavy atom. The zero-order chi connectivity index (χ0) is 23.1. The van der Waals surface area contributed by atoms with Gasteiger partial charge in [0.05, 0.1) is 25.0 Å². The van der Waals surface area contributed by atoms with Crippen molar-refractivity contribution in [3.63, 3.8) is 0 Å². The first-order valence-corrected chi connectivity index (χ1v) is 11.5. The van der Waals surface area contributed by atoms with Gasteiger partial charge in [0.1, 0.15) is 0 Å². The van der Waals surface area contributed by atoms with Gasteiger partial charge in [-0.1, -0.05) is 36.4 Å². The molecular formula is C22H25N3O6S. The second-order valence-corrected chi connectivity index (χ2v) is 9.19. The number of hydrogen-bond donors (Lipinski definition) is 1. The Hall–Kier alpha value is -3.24. The van der Waals surface area contributed by atoms with E-state index in [2.05, 4.69) is 10.1 Å². The Kier molecular flexibility index (Phi) is 7.60. The number of hydrogen-bond acceptors (Lipinski definition) is 6. The summed E-state index contributed by atoms with van der Waals surface area (Å²) in [5.74, 6) is -1.23. The van der Waals surface area contributed by atoms with Crippen LogP contribution < -0.4 is 5.32 Å². The van der Waals surface area contributed by atoms with E-state index in [4.69, 9.17) is 0 Å². The Balaban J connectivity index is 1.85. The number of ether oxygens (including phenoxy) is 1. The number of nitrogens with one attached hydrogen (secondary N) is 1. The Labute approximate surface area is 187 Å². The number of methoxy groups -OCH3 is 1. The van der Waals surface area contributed by atoms with Gasteiger partial charge in [0.25, 0.3) is 5.91 Å². The summed E-state index contributed by atoms with van der Waals surface area (Å²) >= 11 is 0. The van der Waals surface area contributed by atoms with E-state index in [0.717, 1.165) is 9.87 Å². The van der Waals surface area contributed by atoms with E-state index in [1.54, 1.807) is 0 Å². The third kappa shape index (κ3) is 5.71. The van der Waals surface area contributed by atoms with Gasteiger partial charge in [0.15, 0.2) is 0 Å². The third-order valence-electron chi connectivity index (χ3n) is 5.04. The molecule has 0 aliphatic carbocycles. The number of benzene rings is 2. The summed E-state index contributed by atoms with van der Waals surface area (Å²) in [4.78, 5) is 37.9. The van der Waals surface area contributed by atoms with Crippen molar-refractivity contribution in [2.45, 2.75) is 17.9 Å². The van der Waals surface area contributed by atoms with Crippen LogP contribution in [0.2, 0.25) is 0 Å². The average molecular weight is 460 g/mol. The molecule has 0 unspecified atom stereocenters. The maximum atomic E-state index is 13.3. The van der Waals surface area contributed by atoms with Crippen molar-refractivity contribution in [1.82, 2.24) is 14.5 Å². The third-order valence-corrected chi connectivity index (χ3v) is 6.88. The van der Waals surface area contributed by atoms with Gasteiger partial charge in [-0.25, -0.2) is 8.42 Å². The van der Waals surface area contributed by atoms with Gasteiger partial charge in [-0.3, -0.25) is 14.4 Å². The highest BCUT2D eigenvalue weighted by molar-refractivity contribution is 7.89. The lowest BCUT2D eigenvalue weighted by Crippen LogP contribution is -2.49. The molecule has 1 fully saturated rings. The molecule has 1 aliphatic heterocycles. The monoisotopic (exact) mass is 459 g/mol. The minimum Gasteiger partial charge on any atom is -0.469 e. The molecule has 0 bridgehead atoms. The van der Waals surface area contributed by atoms with Crippen molar-refractivity contribution < 1.29 is 27.5 Å². The molecule has 0 radical (unpaired) electrons. The summed E-state index contributed by atoms with van der Waals surface area (Å²) in [5.41, 5.74) is 1.04. The minimum atomic E-state index is -3.94. The lowest BCUT2D eigenvalue weighted by atomic mass is 10.1. The predicted octanol–water partition coefficient (Wildman–Crippen LogP) is 1.01. The number of piperazine rings is 1. The van der Waals surface area contributed by atoms with Gasteiger partial charge < -0.3 is 15.0 Å². The van der Waals surface area contributed by atoms with Gasteiger partial charge in [0.2, 0.25) is 15.9 Å². The highest BCUT2D eigenvalue weighted by Gasteiger charge is 2.30. The highest BCUT2D eigenvalue weighted by atomic mass is 32.2. The number of amides is 2. The predicted molar refractivity (Wildman–Crippen MR) is 116 cm³/mol. The number of nitrogens with zero attached hydrogens (tertiary/aromatic N) is 2. The molecule has 1 heterocycles. The lowest BCUT2D eigenvalue weighted by Gasteiger charge is -2.26. The van der Waals surface area contributed by atoms with Crippen molar-refractivity contribution in [1.29, 1.82) is 0 Å². The molecule has 2 aromatic rings. The van der Waals surface area contributed by atoms with Crippen LogP contribution in [0.3, 0.4) is 0 Å². The molecule has 2 amide bonds. The summed E-state index contributed by atoms with van der Waals surface area (Å²) < 4.78 is 31.7. The Bertz CT molecular complexity index is 1090. The molecule has 0 aromatic heterocycles. The number of carbonyl (C=O) groups excluding carboxylic acids is 3. The maximum Gasteiger partial charge on any atom is 0.307 e. The van der Waals surface area contributed by atoms with Crippen molar-refractivity contribution in [3.05, 3.63) is 65.7 Å². The second kappa shape index (κ2) is 10.4. The van der Waals surface area contributed by atoms with Gasteiger partial charge in [-0.05, 0) is 23.8 Å². The second-order valence-electron chi connectivity index (χ2n) is 7.25. The molecule has 0 saturated carbocycles. The molecule has 32 heavy (non-hydrogen) atoms. The van der Waals surface area contributed by atoms with Gasteiger partial charge in [-0.2, -0.15) is 4.31 Å². The first-order valence-electron chi connectivity index (χ1n) is 10.1. The van der Waals surface area contributed by atoms with Crippen LogP contribution in [0.5, 0.6) is 0 Å². The van der Waals surface area contributed by atoms with Gasteiger partial charge >= 0.3 is 5.97 Å². The normalized spacial score (nSPS) is 14.5. The first kappa shape index (κ1) is 23.4. The van der Waals surface area contributed by atoms with E-state index >= 15 is 0 Å². The number of carbonyl (C=O) groups is 3. The summed E-state index contributed by atoms with van der Waals surface area (Å²) in [5, 5.41) is 2.59. The molecule has 10 heteroatoms. The molecule has 2 aromatic carbocycles. The van der Waals surface area contributed by atoms with Crippen LogP contribution >= 0.6 is 0 Å². The van der Waals surface area contributed by atoms with Crippen molar-refractivity contribution in [2.75, 3.05) is 33.3 Å². The molecular weight excluding hydrogens is 434 g/mol. The summed E-state index contributed by atoms with van der Waals surface area (Å²) in [6, 6.07) is 15.0. The zero-order valence-corrected chi connectivity index (χ0v) is 18.5. The fourth-order valence-corrected chi connectivity index (χ4v) is 4.77. The van der Waals surface area contributed by atoms with E-state index in [1.165, 1.54) is 36.3 Å². The fourth-order valence-electron chi connectivity index (χ4n) is 3.33. The van der Waals surface area contributed by atoms with E-state index in [1.807, 2.05) is 30.3 Å². The SMILES string of the molecule is COC(=O)CCN(Cc1ccccc1)C(=O)c1cccc(S(=O)(=O)N2CCNC(=O)C2)c1. The molecule has 3 rings (SSSR count). The van der Waals surface area contributed by atoms with Crippen molar-refractivity contribution in [2.24, 2.45) is 0 Å². The average Bonchev–Trinajstić information content (AvgIpc) is 2.81. The van der Waals surface area contributed by atoms with Crippen LogP contribution in [0.1, 0.15) is 22.3 Å². The van der Waals surface area contributed by atoms with E-state index < -0.39 is 21.9 Å². The summed E-state index contributed by atoms with van der Waals surface area (Å²) in [7, 11) is -2.66. The molecule has 0 spiro atoms. The zero-order valence-electron chi connectivity index (χ0n) is 17.7. The molecule has 1 aliphatic rings. The highest BCUT2D eigenvalue weighted by Crippen LogP contribution is 2.20. The van der Waals surface area contributed by atoms with E-state index in [0.29, 0.717) is 0 Å². The standard InChI is InChI=1S/C22H25N3O6S/c1-31-21(27)10-12-24(15-17-6-3-2-4-7-17)22(28)18-8-5-9-19(14-18)32(29,30)25-13-11-23-20(26)16-25/h2-9,14H,10-13,15-16H2,1H3,(H,23,26). The number of esters is 1. The van der Waals surface area contributed by atoms with Crippen LogP contribution in [0.4, 0.5) is 0 Å². The fraction of sp³-hybridized carbons (Fsp3) is 0.318. The van der Waals surface area contributed by atoms with Gasteiger partial charge in [-0.15, -0.1) is 0 Å². The maximum absolute atomic E-state index is 13.3. The molecule has 9 nitrogen and oxygen atoms in total. The molecule has 170 valence electrons. The van der Waals surface area contributed by atoms with Crippen molar-refractivity contribution in [3.8, 4) is 0 Å². The molecule has 1 saturated heterocycles. The van der Waals surface area contributed by atoms with E-state index in [9.17, 15) is 22.8 Å². The smallest absolute Gasteiger partial charge is 0.307 e. The van der Waals surface area contributed by atoms with Crippen LogP contribution in [-0.4, -0.2) is 68.7 Å². The number of rotatable bonds is 8. The van der Waals surface area contributed by atoms with Gasteiger partial charge in [0, 0.05) is 31.7 Å². The van der Waals surface area contributed by atoms with Crippen molar-refractivity contribution >= 4 is 27.8 Å². The Morgan fingerprint density at radius 3 is 2.56 bits per heavy atom. The summed E-state index contributed by atoms with van der Waals surface area (Å²) in [6.45, 7) is 0.490. The Morgan fingerprint density at radius 1 is 1.12 bits per heavy atom. The summed E-state index contributed by atoms with van der Waals surface area (Å²) in [6.07, 6.45) is 0.00987. The quantitative estimate of drug-likeness (QED) is 0.590. The topological polar surface area (TPSA) is 113 Å². The lowest BCUT2D eigenvalue weighted by molar-refractivity contribution is -0.140. The first-order chi connectivity index (χ1) is 15.3.